The molecule has 6 heteroatoms. The molecule has 0 fully saturated rings. The van der Waals surface area contributed by atoms with Crippen LogP contribution in [-0.2, 0) is 0 Å². The lowest BCUT2D eigenvalue weighted by Gasteiger charge is -2.09. The minimum atomic E-state index is -4.39. The number of carbonyl (C=O) groups is 1. The van der Waals surface area contributed by atoms with Crippen LogP contribution in [0.25, 0.3) is 0 Å². The van der Waals surface area contributed by atoms with Crippen molar-refractivity contribution in [3.05, 3.63) is 28.8 Å². The van der Waals surface area contributed by atoms with Gasteiger partial charge in [0.25, 0.3) is 0 Å². The summed E-state index contributed by atoms with van der Waals surface area (Å²) in [6, 6.07) is 3.71. The number of halogens is 4. The summed E-state index contributed by atoms with van der Waals surface area (Å²) >= 11 is 5.59. The third-order valence-corrected chi connectivity index (χ3v) is 1.83. The van der Waals surface area contributed by atoms with Gasteiger partial charge in [0, 0.05) is 5.56 Å². The molecule has 0 saturated heterocycles. The molecule has 0 aliphatic heterocycles. The van der Waals surface area contributed by atoms with Gasteiger partial charge in [0.1, 0.15) is 5.75 Å². The standard InChI is InChI=1S/C9H6ClF3O2/c10-8-3-7(2-1-6(8)4-14)15-5-9(11,12)13/h1-4H,5H2. The number of benzene rings is 1. The highest BCUT2D eigenvalue weighted by Crippen LogP contribution is 2.23. The molecule has 0 spiro atoms. The fourth-order valence-corrected chi connectivity index (χ4v) is 1.07. The molecule has 82 valence electrons. The summed E-state index contributed by atoms with van der Waals surface area (Å²) in [6.45, 7) is -1.39. The first kappa shape index (κ1) is 11.8. The molecule has 0 heterocycles. The molecule has 1 aromatic carbocycles. The van der Waals surface area contributed by atoms with E-state index in [2.05, 4.69) is 4.74 Å². The first-order chi connectivity index (χ1) is 6.92. The van der Waals surface area contributed by atoms with Crippen LogP contribution < -0.4 is 4.74 Å². The average Bonchev–Trinajstić information content (AvgIpc) is 2.14. The van der Waals surface area contributed by atoms with Crippen LogP contribution in [0.1, 0.15) is 10.4 Å². The maximum atomic E-state index is 11.8. The monoisotopic (exact) mass is 238 g/mol. The lowest BCUT2D eigenvalue weighted by Crippen LogP contribution is -2.19. The van der Waals surface area contributed by atoms with Crippen molar-refractivity contribution in [3.8, 4) is 5.75 Å². The number of carbonyl (C=O) groups excluding carboxylic acids is 1. The van der Waals surface area contributed by atoms with Gasteiger partial charge in [-0.1, -0.05) is 11.6 Å². The zero-order valence-corrected chi connectivity index (χ0v) is 8.10. The molecule has 1 aromatic rings. The normalized spacial score (nSPS) is 11.2. The van der Waals surface area contributed by atoms with Gasteiger partial charge in [-0.2, -0.15) is 13.2 Å². The van der Waals surface area contributed by atoms with Gasteiger partial charge in [0.05, 0.1) is 5.02 Å². The maximum absolute atomic E-state index is 11.8. The second kappa shape index (κ2) is 4.53. The molecule has 0 aromatic heterocycles. The average molecular weight is 239 g/mol. The smallest absolute Gasteiger partial charge is 0.422 e. The van der Waals surface area contributed by atoms with E-state index in [1.165, 1.54) is 12.1 Å². The Morgan fingerprint density at radius 3 is 2.53 bits per heavy atom. The molecule has 0 aliphatic rings. The number of ether oxygens (including phenoxy) is 1. The van der Waals surface area contributed by atoms with Gasteiger partial charge < -0.3 is 4.74 Å². The molecule has 1 rings (SSSR count). The number of hydrogen-bond acceptors (Lipinski definition) is 2. The van der Waals surface area contributed by atoms with E-state index in [1.807, 2.05) is 0 Å². The quantitative estimate of drug-likeness (QED) is 0.757. The highest BCUT2D eigenvalue weighted by atomic mass is 35.5. The highest BCUT2D eigenvalue weighted by molar-refractivity contribution is 6.33. The van der Waals surface area contributed by atoms with Crippen LogP contribution in [-0.4, -0.2) is 19.1 Å². The van der Waals surface area contributed by atoms with Gasteiger partial charge in [-0.3, -0.25) is 4.79 Å². The maximum Gasteiger partial charge on any atom is 0.422 e. The molecule has 0 N–H and O–H groups in total. The molecule has 0 aliphatic carbocycles. The van der Waals surface area contributed by atoms with Crippen molar-refractivity contribution in [2.75, 3.05) is 6.61 Å². The largest absolute Gasteiger partial charge is 0.484 e. The van der Waals surface area contributed by atoms with E-state index in [4.69, 9.17) is 11.6 Å². The van der Waals surface area contributed by atoms with Gasteiger partial charge >= 0.3 is 6.18 Å². The number of aldehydes is 1. The summed E-state index contributed by atoms with van der Waals surface area (Å²) in [7, 11) is 0. The number of alkyl halides is 3. The summed E-state index contributed by atoms with van der Waals surface area (Å²) in [5.41, 5.74) is 0.205. The topological polar surface area (TPSA) is 26.3 Å². The van der Waals surface area contributed by atoms with Gasteiger partial charge in [-0.15, -0.1) is 0 Å². The minimum Gasteiger partial charge on any atom is -0.484 e. The van der Waals surface area contributed by atoms with Crippen LogP contribution in [0.4, 0.5) is 13.2 Å². The number of rotatable bonds is 3. The van der Waals surface area contributed by atoms with Gasteiger partial charge in [-0.25, -0.2) is 0 Å². The van der Waals surface area contributed by atoms with E-state index >= 15 is 0 Å². The van der Waals surface area contributed by atoms with Crippen LogP contribution in [0.2, 0.25) is 5.02 Å². The molecular weight excluding hydrogens is 233 g/mol. The SMILES string of the molecule is O=Cc1ccc(OCC(F)(F)F)cc1Cl. The van der Waals surface area contributed by atoms with E-state index in [0.29, 0.717) is 6.29 Å². The Hall–Kier alpha value is -1.23. The highest BCUT2D eigenvalue weighted by Gasteiger charge is 2.28. The molecule has 0 amide bonds. The van der Waals surface area contributed by atoms with Crippen molar-refractivity contribution in [1.82, 2.24) is 0 Å². The van der Waals surface area contributed by atoms with Gasteiger partial charge in [-0.05, 0) is 18.2 Å². The van der Waals surface area contributed by atoms with E-state index in [-0.39, 0.29) is 16.3 Å². The Kier molecular flexibility index (Phi) is 3.57. The molecule has 0 bridgehead atoms. The lowest BCUT2D eigenvalue weighted by molar-refractivity contribution is -0.153. The fraction of sp³-hybridized carbons (Fsp3) is 0.222. The first-order valence-electron chi connectivity index (χ1n) is 3.86. The van der Waals surface area contributed by atoms with Crippen LogP contribution in [0, 0.1) is 0 Å². The summed E-state index contributed by atoms with van der Waals surface area (Å²) in [5, 5.41) is 0.0599. The van der Waals surface area contributed by atoms with Crippen LogP contribution in [0.15, 0.2) is 18.2 Å². The number of hydrogen-bond donors (Lipinski definition) is 0. The van der Waals surface area contributed by atoms with Crippen molar-refractivity contribution in [3.63, 3.8) is 0 Å². The third kappa shape index (κ3) is 3.79. The fourth-order valence-electron chi connectivity index (χ4n) is 0.858. The predicted molar refractivity (Wildman–Crippen MR) is 48.4 cm³/mol. The van der Waals surface area contributed by atoms with Crippen molar-refractivity contribution in [2.24, 2.45) is 0 Å². The van der Waals surface area contributed by atoms with E-state index in [9.17, 15) is 18.0 Å². The van der Waals surface area contributed by atoms with Crippen LogP contribution >= 0.6 is 11.6 Å². The van der Waals surface area contributed by atoms with E-state index in [1.54, 1.807) is 0 Å². The molecule has 15 heavy (non-hydrogen) atoms. The van der Waals surface area contributed by atoms with Crippen molar-refractivity contribution >= 4 is 17.9 Å². The molecule has 0 atom stereocenters. The Morgan fingerprint density at radius 2 is 2.07 bits per heavy atom. The van der Waals surface area contributed by atoms with Crippen molar-refractivity contribution in [2.45, 2.75) is 6.18 Å². The third-order valence-electron chi connectivity index (χ3n) is 1.50. The van der Waals surface area contributed by atoms with Crippen LogP contribution in [0.3, 0.4) is 0 Å². The van der Waals surface area contributed by atoms with Gasteiger partial charge in [0.2, 0.25) is 0 Å². The predicted octanol–water partition coefficient (Wildman–Crippen LogP) is 3.09. The Bertz CT molecular complexity index is 363. The van der Waals surface area contributed by atoms with E-state index in [0.717, 1.165) is 6.07 Å². The molecular formula is C9H6ClF3O2. The zero-order valence-electron chi connectivity index (χ0n) is 7.34. The summed E-state index contributed by atoms with van der Waals surface area (Å²) in [6.07, 6.45) is -3.88. The summed E-state index contributed by atoms with van der Waals surface area (Å²) < 4.78 is 39.7. The second-order valence-corrected chi connectivity index (χ2v) is 3.11. The second-order valence-electron chi connectivity index (χ2n) is 2.71. The Balaban J connectivity index is 2.72. The molecule has 2 nitrogen and oxygen atoms in total. The Labute approximate surface area is 88.6 Å². The minimum absolute atomic E-state index is 0.0251. The van der Waals surface area contributed by atoms with Gasteiger partial charge in [0.15, 0.2) is 12.9 Å². The first-order valence-corrected chi connectivity index (χ1v) is 4.24. The molecule has 0 unspecified atom stereocenters. The van der Waals surface area contributed by atoms with E-state index < -0.39 is 12.8 Å². The Morgan fingerprint density at radius 1 is 1.40 bits per heavy atom. The summed E-state index contributed by atoms with van der Waals surface area (Å²) in [4.78, 5) is 10.4. The van der Waals surface area contributed by atoms with Crippen LogP contribution in [0.5, 0.6) is 5.75 Å². The van der Waals surface area contributed by atoms with Crippen molar-refractivity contribution < 1.29 is 22.7 Å². The molecule has 0 radical (unpaired) electrons. The lowest BCUT2D eigenvalue weighted by atomic mass is 10.2. The molecule has 0 saturated carbocycles. The zero-order chi connectivity index (χ0) is 11.5. The summed E-state index contributed by atoms with van der Waals surface area (Å²) in [5.74, 6) is -0.0251. The van der Waals surface area contributed by atoms with Crippen molar-refractivity contribution in [1.29, 1.82) is 0 Å².